The third kappa shape index (κ3) is 11.0. The Morgan fingerprint density at radius 2 is 1.81 bits per heavy atom. The summed E-state index contributed by atoms with van der Waals surface area (Å²) in [7, 11) is 0. The Labute approximate surface area is 110 Å². The van der Waals surface area contributed by atoms with Crippen LogP contribution in [0.25, 0.3) is 0 Å². The zero-order valence-electron chi connectivity index (χ0n) is 10.2. The summed E-state index contributed by atoms with van der Waals surface area (Å²) in [6.07, 6.45) is 6.27. The van der Waals surface area contributed by atoms with Gasteiger partial charge in [0.2, 0.25) is 0 Å². The van der Waals surface area contributed by atoms with E-state index in [1.165, 1.54) is 25.7 Å². The third-order valence-corrected chi connectivity index (χ3v) is 2.85. The molecule has 4 heteroatoms. The summed E-state index contributed by atoms with van der Waals surface area (Å²) in [6, 6.07) is 0. The lowest BCUT2D eigenvalue weighted by molar-refractivity contribution is 0.0131. The van der Waals surface area contributed by atoms with Crippen molar-refractivity contribution in [3.8, 4) is 0 Å². The van der Waals surface area contributed by atoms with Crippen molar-refractivity contribution in [3.05, 3.63) is 0 Å². The zero-order chi connectivity index (χ0) is 12.1. The van der Waals surface area contributed by atoms with E-state index >= 15 is 0 Å². The number of halogens is 2. The lowest BCUT2D eigenvalue weighted by atomic mass is 10.1. The largest absolute Gasteiger partial charge is 0.378 e. The van der Waals surface area contributed by atoms with Crippen LogP contribution in [0.5, 0.6) is 0 Å². The molecule has 0 aromatic heterocycles. The Morgan fingerprint density at radius 1 is 1.00 bits per heavy atom. The highest BCUT2D eigenvalue weighted by Gasteiger charge is 2.06. The van der Waals surface area contributed by atoms with Gasteiger partial charge in [0.15, 0.2) is 0 Å². The fourth-order valence-corrected chi connectivity index (χ4v) is 1.79. The van der Waals surface area contributed by atoms with Gasteiger partial charge in [0.05, 0.1) is 25.9 Å². The van der Waals surface area contributed by atoms with Crippen LogP contribution >= 0.6 is 23.2 Å². The molecule has 0 aromatic carbocycles. The van der Waals surface area contributed by atoms with Gasteiger partial charge < -0.3 is 9.47 Å². The molecule has 0 spiro atoms. The maximum atomic E-state index is 5.83. The summed E-state index contributed by atoms with van der Waals surface area (Å²) in [5, 5.41) is 0. The van der Waals surface area contributed by atoms with Gasteiger partial charge in [-0.05, 0) is 6.42 Å². The number of hydrogen-bond donors (Lipinski definition) is 0. The standard InChI is InChI=1S/C12H24Cl2O2/c1-2-3-4-5-6-12(11-14)16-10-9-15-8-7-13/h12H,2-11H2,1H3/t12-/m1/s1. The molecule has 0 heterocycles. The summed E-state index contributed by atoms with van der Waals surface area (Å²) in [5.74, 6) is 1.11. The summed E-state index contributed by atoms with van der Waals surface area (Å²) < 4.78 is 10.8. The molecule has 0 aliphatic rings. The SMILES string of the molecule is CCCCCC[C@H](CCl)OCCOCCCl. The highest BCUT2D eigenvalue weighted by Crippen LogP contribution is 2.09. The highest BCUT2D eigenvalue weighted by molar-refractivity contribution is 6.18. The minimum absolute atomic E-state index is 0.179. The zero-order valence-corrected chi connectivity index (χ0v) is 11.7. The van der Waals surface area contributed by atoms with Gasteiger partial charge in [-0.25, -0.2) is 0 Å². The molecule has 2 nitrogen and oxygen atoms in total. The molecule has 0 aromatic rings. The van der Waals surface area contributed by atoms with E-state index in [1.54, 1.807) is 0 Å². The van der Waals surface area contributed by atoms with Crippen LogP contribution in [0.2, 0.25) is 0 Å². The molecule has 0 bridgehead atoms. The monoisotopic (exact) mass is 270 g/mol. The van der Waals surface area contributed by atoms with Crippen LogP contribution in [-0.2, 0) is 9.47 Å². The molecule has 0 N–H and O–H groups in total. The molecule has 0 aliphatic heterocycles. The Hall–Kier alpha value is 0.500. The molecular weight excluding hydrogens is 247 g/mol. The molecule has 0 rings (SSSR count). The molecular formula is C12H24Cl2O2. The van der Waals surface area contributed by atoms with E-state index in [1.807, 2.05) is 0 Å². The summed E-state index contributed by atoms with van der Waals surface area (Å²) in [5.41, 5.74) is 0. The summed E-state index contributed by atoms with van der Waals surface area (Å²) >= 11 is 11.3. The fourth-order valence-electron chi connectivity index (χ4n) is 1.43. The van der Waals surface area contributed by atoms with Crippen molar-refractivity contribution in [3.63, 3.8) is 0 Å². The van der Waals surface area contributed by atoms with E-state index < -0.39 is 0 Å². The minimum Gasteiger partial charge on any atom is -0.378 e. The minimum atomic E-state index is 0.179. The fraction of sp³-hybridized carbons (Fsp3) is 1.00. The van der Waals surface area contributed by atoms with Gasteiger partial charge in [-0.15, -0.1) is 23.2 Å². The Morgan fingerprint density at radius 3 is 2.44 bits per heavy atom. The maximum Gasteiger partial charge on any atom is 0.0711 e. The first-order chi connectivity index (χ1) is 7.85. The molecule has 0 aliphatic carbocycles. The van der Waals surface area contributed by atoms with Crippen molar-refractivity contribution < 1.29 is 9.47 Å². The van der Waals surface area contributed by atoms with Gasteiger partial charge in [0.25, 0.3) is 0 Å². The molecule has 0 saturated carbocycles. The van der Waals surface area contributed by atoms with Crippen molar-refractivity contribution in [1.29, 1.82) is 0 Å². The lowest BCUT2D eigenvalue weighted by Gasteiger charge is -2.15. The number of rotatable bonds is 12. The second kappa shape index (κ2) is 13.6. The summed E-state index contributed by atoms with van der Waals surface area (Å²) in [6.45, 7) is 4.02. The van der Waals surface area contributed by atoms with Crippen molar-refractivity contribution in [1.82, 2.24) is 0 Å². The lowest BCUT2D eigenvalue weighted by Crippen LogP contribution is -2.18. The van der Waals surface area contributed by atoms with Crippen LogP contribution in [0.4, 0.5) is 0 Å². The molecule has 0 fully saturated rings. The van der Waals surface area contributed by atoms with Crippen LogP contribution in [0, 0.1) is 0 Å². The second-order valence-corrected chi connectivity index (χ2v) is 4.48. The van der Waals surface area contributed by atoms with Gasteiger partial charge in [-0.2, -0.15) is 0 Å². The van der Waals surface area contributed by atoms with E-state index in [0.717, 1.165) is 6.42 Å². The molecule has 0 amide bonds. The first kappa shape index (κ1) is 16.5. The average molecular weight is 271 g/mol. The molecule has 0 radical (unpaired) electrons. The number of ether oxygens (including phenoxy) is 2. The predicted octanol–water partition coefficient (Wildman–Crippen LogP) is 3.84. The normalized spacial score (nSPS) is 12.9. The molecule has 0 saturated heterocycles. The van der Waals surface area contributed by atoms with Gasteiger partial charge in [-0.1, -0.05) is 32.6 Å². The summed E-state index contributed by atoms with van der Waals surface area (Å²) in [4.78, 5) is 0. The molecule has 16 heavy (non-hydrogen) atoms. The van der Waals surface area contributed by atoms with Crippen molar-refractivity contribution >= 4 is 23.2 Å². The van der Waals surface area contributed by atoms with Crippen molar-refractivity contribution in [2.24, 2.45) is 0 Å². The van der Waals surface area contributed by atoms with Gasteiger partial charge in [-0.3, -0.25) is 0 Å². The first-order valence-corrected chi connectivity index (χ1v) is 7.23. The Balaban J connectivity index is 3.29. The first-order valence-electron chi connectivity index (χ1n) is 6.16. The van der Waals surface area contributed by atoms with E-state index in [4.69, 9.17) is 32.7 Å². The number of unbranched alkanes of at least 4 members (excludes halogenated alkanes) is 3. The van der Waals surface area contributed by atoms with Gasteiger partial charge >= 0.3 is 0 Å². The Kier molecular flexibility index (Phi) is 14.0. The van der Waals surface area contributed by atoms with E-state index in [2.05, 4.69) is 6.92 Å². The Bertz CT molecular complexity index is 134. The second-order valence-electron chi connectivity index (χ2n) is 3.80. The van der Waals surface area contributed by atoms with Crippen LogP contribution in [0.1, 0.15) is 39.0 Å². The topological polar surface area (TPSA) is 18.5 Å². The molecule has 98 valence electrons. The highest BCUT2D eigenvalue weighted by atomic mass is 35.5. The number of alkyl halides is 2. The van der Waals surface area contributed by atoms with E-state index in [0.29, 0.717) is 31.6 Å². The predicted molar refractivity (Wildman–Crippen MR) is 70.8 cm³/mol. The quantitative estimate of drug-likeness (QED) is 0.396. The van der Waals surface area contributed by atoms with Crippen LogP contribution in [-0.4, -0.2) is 37.7 Å². The third-order valence-electron chi connectivity index (χ3n) is 2.35. The van der Waals surface area contributed by atoms with E-state index in [-0.39, 0.29) is 6.10 Å². The molecule has 0 unspecified atom stereocenters. The van der Waals surface area contributed by atoms with Crippen LogP contribution < -0.4 is 0 Å². The van der Waals surface area contributed by atoms with Crippen molar-refractivity contribution in [2.45, 2.75) is 45.1 Å². The number of hydrogen-bond acceptors (Lipinski definition) is 2. The van der Waals surface area contributed by atoms with E-state index in [9.17, 15) is 0 Å². The van der Waals surface area contributed by atoms with Crippen molar-refractivity contribution in [2.75, 3.05) is 31.6 Å². The maximum absolute atomic E-state index is 5.83. The molecule has 1 atom stereocenters. The smallest absolute Gasteiger partial charge is 0.0711 e. The average Bonchev–Trinajstić information content (AvgIpc) is 2.31. The van der Waals surface area contributed by atoms with Crippen LogP contribution in [0.3, 0.4) is 0 Å². The van der Waals surface area contributed by atoms with Gasteiger partial charge in [0, 0.05) is 11.8 Å². The van der Waals surface area contributed by atoms with Gasteiger partial charge in [0.1, 0.15) is 0 Å². The van der Waals surface area contributed by atoms with Crippen LogP contribution in [0.15, 0.2) is 0 Å².